The molecule has 5 nitrogen and oxygen atoms in total. The molecule has 0 atom stereocenters. The number of ether oxygens (including phenoxy) is 1. The second-order valence-corrected chi connectivity index (χ2v) is 4.65. The summed E-state index contributed by atoms with van der Waals surface area (Å²) >= 11 is 0. The fraction of sp³-hybridized carbons (Fsp3) is 0.333. The Morgan fingerprint density at radius 2 is 2.10 bits per heavy atom. The zero-order chi connectivity index (χ0) is 14.5. The number of hydrogen-bond donors (Lipinski definition) is 1. The molecule has 2 rings (SSSR count). The smallest absolute Gasteiger partial charge is 0.305 e. The van der Waals surface area contributed by atoms with Crippen LogP contribution in [0.15, 0.2) is 30.5 Å². The van der Waals surface area contributed by atoms with Gasteiger partial charge in [-0.3, -0.25) is 9.59 Å². The number of amides is 1. The van der Waals surface area contributed by atoms with Crippen LogP contribution in [0.5, 0.6) is 0 Å². The second kappa shape index (κ2) is 6.23. The van der Waals surface area contributed by atoms with Crippen LogP contribution in [0, 0.1) is 0 Å². The van der Waals surface area contributed by atoms with Crippen molar-refractivity contribution in [3.63, 3.8) is 0 Å². The van der Waals surface area contributed by atoms with E-state index in [1.165, 1.54) is 7.11 Å². The number of esters is 1. The summed E-state index contributed by atoms with van der Waals surface area (Å²) in [6.07, 6.45) is 2.74. The van der Waals surface area contributed by atoms with Crippen LogP contribution < -0.4 is 0 Å². The van der Waals surface area contributed by atoms with Gasteiger partial charge in [0.1, 0.15) is 0 Å². The molecule has 1 heterocycles. The number of carbonyl (C=O) groups is 2. The normalized spacial score (nSPS) is 10.5. The topological polar surface area (TPSA) is 62.4 Å². The van der Waals surface area contributed by atoms with Crippen molar-refractivity contribution < 1.29 is 14.3 Å². The molecule has 2 aromatic rings. The third-order valence-corrected chi connectivity index (χ3v) is 3.27. The van der Waals surface area contributed by atoms with Gasteiger partial charge >= 0.3 is 5.97 Å². The van der Waals surface area contributed by atoms with E-state index in [-0.39, 0.29) is 11.9 Å². The van der Waals surface area contributed by atoms with Crippen molar-refractivity contribution in [3.8, 4) is 0 Å². The summed E-state index contributed by atoms with van der Waals surface area (Å²) in [6.45, 7) is 0.523. The Bertz CT molecular complexity index is 618. The molecule has 1 amide bonds. The largest absolute Gasteiger partial charge is 0.469 e. The summed E-state index contributed by atoms with van der Waals surface area (Å²) < 4.78 is 4.58. The van der Waals surface area contributed by atoms with Crippen LogP contribution in [-0.4, -0.2) is 42.5 Å². The third-order valence-electron chi connectivity index (χ3n) is 3.27. The van der Waals surface area contributed by atoms with Crippen molar-refractivity contribution in [1.82, 2.24) is 9.88 Å². The number of hydrogen-bond acceptors (Lipinski definition) is 3. The van der Waals surface area contributed by atoms with Gasteiger partial charge in [-0.15, -0.1) is 0 Å². The minimum absolute atomic E-state index is 0.0416. The van der Waals surface area contributed by atoms with E-state index in [1.807, 2.05) is 30.5 Å². The number of nitrogens with one attached hydrogen (secondary N) is 1. The number of rotatable bonds is 5. The average molecular weight is 274 g/mol. The number of nitrogens with zero attached hydrogens (tertiary/aromatic N) is 1. The van der Waals surface area contributed by atoms with Crippen molar-refractivity contribution >= 4 is 22.8 Å². The van der Waals surface area contributed by atoms with Crippen LogP contribution in [0.1, 0.15) is 23.2 Å². The van der Waals surface area contributed by atoms with Crippen LogP contribution in [0.2, 0.25) is 0 Å². The summed E-state index contributed by atoms with van der Waals surface area (Å²) in [6, 6.07) is 7.50. The molecule has 5 heteroatoms. The maximum Gasteiger partial charge on any atom is 0.305 e. The van der Waals surface area contributed by atoms with Crippen molar-refractivity contribution in [1.29, 1.82) is 0 Å². The molecule has 0 radical (unpaired) electrons. The van der Waals surface area contributed by atoms with Crippen LogP contribution in [0.4, 0.5) is 0 Å². The van der Waals surface area contributed by atoms with E-state index in [1.54, 1.807) is 11.9 Å². The molecule has 0 unspecified atom stereocenters. The third kappa shape index (κ3) is 2.99. The van der Waals surface area contributed by atoms with E-state index in [2.05, 4.69) is 9.72 Å². The van der Waals surface area contributed by atoms with Gasteiger partial charge in [0, 0.05) is 42.7 Å². The van der Waals surface area contributed by atoms with Crippen LogP contribution in [0.25, 0.3) is 10.9 Å². The number of aromatic nitrogens is 1. The number of carbonyl (C=O) groups excluding carboxylic acids is 2. The van der Waals surface area contributed by atoms with E-state index in [9.17, 15) is 9.59 Å². The first-order chi connectivity index (χ1) is 9.63. The summed E-state index contributed by atoms with van der Waals surface area (Å²) in [4.78, 5) is 28.2. The Labute approximate surface area is 117 Å². The molecule has 1 aromatic heterocycles. The van der Waals surface area contributed by atoms with Gasteiger partial charge in [0.15, 0.2) is 0 Å². The predicted molar refractivity (Wildman–Crippen MR) is 76.5 cm³/mol. The second-order valence-electron chi connectivity index (χ2n) is 4.65. The Morgan fingerprint density at radius 1 is 1.30 bits per heavy atom. The molecular formula is C15H18N2O3. The number of benzene rings is 1. The Hall–Kier alpha value is -2.30. The summed E-state index contributed by atoms with van der Waals surface area (Å²) in [7, 11) is 3.11. The highest BCUT2D eigenvalue weighted by atomic mass is 16.5. The molecule has 0 bridgehead atoms. The molecule has 1 aromatic carbocycles. The van der Waals surface area contributed by atoms with E-state index < -0.39 is 0 Å². The predicted octanol–water partition coefficient (Wildman–Crippen LogP) is 2.19. The Morgan fingerprint density at radius 3 is 2.85 bits per heavy atom. The summed E-state index contributed by atoms with van der Waals surface area (Å²) in [5, 5.41) is 0.914. The Kier molecular flexibility index (Phi) is 4.40. The lowest BCUT2D eigenvalue weighted by Crippen LogP contribution is -2.28. The molecular weight excluding hydrogens is 256 g/mol. The van der Waals surface area contributed by atoms with Crippen molar-refractivity contribution in [2.24, 2.45) is 0 Å². The van der Waals surface area contributed by atoms with E-state index in [4.69, 9.17) is 0 Å². The van der Waals surface area contributed by atoms with Gasteiger partial charge in [0.2, 0.25) is 0 Å². The quantitative estimate of drug-likeness (QED) is 0.850. The van der Waals surface area contributed by atoms with Crippen molar-refractivity contribution in [3.05, 3.63) is 36.0 Å². The van der Waals surface area contributed by atoms with Gasteiger partial charge in [0.25, 0.3) is 5.91 Å². The zero-order valence-corrected chi connectivity index (χ0v) is 11.7. The van der Waals surface area contributed by atoms with Gasteiger partial charge in [-0.2, -0.15) is 0 Å². The fourth-order valence-electron chi connectivity index (χ4n) is 2.14. The van der Waals surface area contributed by atoms with Crippen LogP contribution >= 0.6 is 0 Å². The molecule has 106 valence electrons. The standard InChI is InChI=1S/C15H18N2O3/c1-17(10-4-7-14(18)20-2)15(19)12-5-3-6-13-11(12)8-9-16-13/h3,5-6,8-9,16H,4,7,10H2,1-2H3. The first-order valence-corrected chi connectivity index (χ1v) is 6.52. The van der Waals surface area contributed by atoms with Gasteiger partial charge in [-0.25, -0.2) is 0 Å². The molecule has 0 fully saturated rings. The lowest BCUT2D eigenvalue weighted by Gasteiger charge is -2.17. The molecule has 1 N–H and O–H groups in total. The van der Waals surface area contributed by atoms with Gasteiger partial charge < -0.3 is 14.6 Å². The molecule has 0 aliphatic rings. The van der Waals surface area contributed by atoms with Crippen LogP contribution in [0.3, 0.4) is 0 Å². The maximum atomic E-state index is 12.4. The van der Waals surface area contributed by atoms with Crippen molar-refractivity contribution in [2.45, 2.75) is 12.8 Å². The zero-order valence-electron chi connectivity index (χ0n) is 11.7. The number of aromatic amines is 1. The average Bonchev–Trinajstić information content (AvgIpc) is 2.94. The summed E-state index contributed by atoms with van der Waals surface area (Å²) in [5.74, 6) is -0.293. The Balaban J connectivity index is 2.03. The fourth-order valence-corrected chi connectivity index (χ4v) is 2.14. The highest BCUT2D eigenvalue weighted by Crippen LogP contribution is 2.18. The van der Waals surface area contributed by atoms with Gasteiger partial charge in [-0.1, -0.05) is 6.07 Å². The highest BCUT2D eigenvalue weighted by molar-refractivity contribution is 6.06. The SMILES string of the molecule is COC(=O)CCCN(C)C(=O)c1cccc2[nH]ccc12. The van der Waals surface area contributed by atoms with Crippen LogP contribution in [-0.2, 0) is 9.53 Å². The first kappa shape index (κ1) is 14.1. The number of methoxy groups -OCH3 is 1. The van der Waals surface area contributed by atoms with Crippen molar-refractivity contribution in [2.75, 3.05) is 20.7 Å². The monoisotopic (exact) mass is 274 g/mol. The molecule has 0 aliphatic carbocycles. The lowest BCUT2D eigenvalue weighted by molar-refractivity contribution is -0.140. The molecule has 0 saturated carbocycles. The van der Waals surface area contributed by atoms with Gasteiger partial charge in [-0.05, 0) is 24.6 Å². The molecule has 20 heavy (non-hydrogen) atoms. The molecule has 0 spiro atoms. The maximum absolute atomic E-state index is 12.4. The van der Waals surface area contributed by atoms with Gasteiger partial charge in [0.05, 0.1) is 7.11 Å². The minimum atomic E-state index is -0.251. The number of H-pyrrole nitrogens is 1. The summed E-state index contributed by atoms with van der Waals surface area (Å²) in [5.41, 5.74) is 1.61. The highest BCUT2D eigenvalue weighted by Gasteiger charge is 2.15. The molecule has 0 saturated heterocycles. The molecule has 0 aliphatic heterocycles. The van der Waals surface area contributed by atoms with E-state index >= 15 is 0 Å². The minimum Gasteiger partial charge on any atom is -0.469 e. The first-order valence-electron chi connectivity index (χ1n) is 6.52. The number of fused-ring (bicyclic) bond motifs is 1. The lowest BCUT2D eigenvalue weighted by atomic mass is 10.1. The van der Waals surface area contributed by atoms with E-state index in [0.29, 0.717) is 24.9 Å². The van der Waals surface area contributed by atoms with E-state index in [0.717, 1.165) is 10.9 Å².